The molecule has 0 bridgehead atoms. The Hall–Kier alpha value is -2.82. The van der Waals surface area contributed by atoms with Crippen molar-refractivity contribution in [2.45, 2.75) is 6.92 Å². The van der Waals surface area contributed by atoms with Crippen LogP contribution in [0.5, 0.6) is 5.75 Å². The molecule has 5 nitrogen and oxygen atoms in total. The lowest BCUT2D eigenvalue weighted by Gasteiger charge is -2.03. The van der Waals surface area contributed by atoms with Gasteiger partial charge in [0, 0.05) is 12.1 Å². The van der Waals surface area contributed by atoms with Crippen molar-refractivity contribution in [1.82, 2.24) is 5.27 Å². The predicted octanol–water partition coefficient (Wildman–Crippen LogP) is 1.98. The number of rotatable bonds is 3. The van der Waals surface area contributed by atoms with Crippen molar-refractivity contribution in [3.05, 3.63) is 59.6 Å². The second kappa shape index (κ2) is 5.28. The molecule has 0 radical (unpaired) electrons. The van der Waals surface area contributed by atoms with Gasteiger partial charge in [0.2, 0.25) is 5.69 Å². The first-order chi connectivity index (χ1) is 10.2. The molecule has 3 rings (SSSR count). The Kier molecular flexibility index (Phi) is 3.31. The summed E-state index contributed by atoms with van der Waals surface area (Å²) in [7, 11) is 1.62. The number of nitrogens with zero attached hydrogens (tertiary/aromatic N) is 2. The summed E-state index contributed by atoms with van der Waals surface area (Å²) in [5.41, 5.74) is 3.53. The van der Waals surface area contributed by atoms with Crippen LogP contribution in [0.25, 0.3) is 16.9 Å². The minimum atomic E-state index is 0.0367. The summed E-state index contributed by atoms with van der Waals surface area (Å²) in [6.07, 6.45) is 0. The molecule has 1 aromatic heterocycles. The number of aromatic nitrogens is 2. The van der Waals surface area contributed by atoms with Crippen LogP contribution in [0, 0.1) is 12.3 Å². The van der Waals surface area contributed by atoms with Crippen LogP contribution in [0.15, 0.2) is 53.1 Å². The third-order valence-electron chi connectivity index (χ3n) is 3.28. The van der Waals surface area contributed by atoms with Crippen molar-refractivity contribution in [3.8, 4) is 22.7 Å². The smallest absolute Gasteiger partial charge is 0.274 e. The normalized spacial score (nSPS) is 10.6. The van der Waals surface area contributed by atoms with E-state index in [4.69, 9.17) is 14.7 Å². The number of ether oxygens (including phenoxy) is 1. The molecule has 0 unspecified atom stereocenters. The van der Waals surface area contributed by atoms with Gasteiger partial charge in [-0.15, -0.1) is 0 Å². The number of methoxy groups -OCH3 is 1. The molecule has 106 valence electrons. The lowest BCUT2D eigenvalue weighted by molar-refractivity contribution is -0.666. The molecule has 0 fully saturated rings. The molecular weight excluding hydrogens is 266 g/mol. The zero-order valence-corrected chi connectivity index (χ0v) is 11.8. The number of hydrogen-bond acceptors (Lipinski definition) is 3. The summed E-state index contributed by atoms with van der Waals surface area (Å²) in [4.78, 5) is 0. The third-order valence-corrected chi connectivity index (χ3v) is 3.28. The molecule has 0 aliphatic heterocycles. The Bertz CT molecular complexity index is 799. The molecule has 1 N–H and O–H groups in total. The van der Waals surface area contributed by atoms with Crippen molar-refractivity contribution in [2.24, 2.45) is 0 Å². The summed E-state index contributed by atoms with van der Waals surface area (Å²) in [5, 5.41) is 11.9. The van der Waals surface area contributed by atoms with E-state index in [0.717, 1.165) is 22.6 Å². The van der Waals surface area contributed by atoms with Crippen LogP contribution < -0.4 is 20.2 Å². The summed E-state index contributed by atoms with van der Waals surface area (Å²) in [6, 6.07) is 15.4. The third kappa shape index (κ3) is 2.45. The molecule has 0 amide bonds. The van der Waals surface area contributed by atoms with E-state index in [2.05, 4.69) is 5.27 Å². The van der Waals surface area contributed by atoms with Crippen LogP contribution in [0.4, 0.5) is 0 Å². The largest absolute Gasteiger partial charge is 0.497 e. The topological polar surface area (TPSA) is 64.2 Å². The molecule has 0 atom stereocenters. The van der Waals surface area contributed by atoms with Gasteiger partial charge >= 0.3 is 0 Å². The van der Waals surface area contributed by atoms with Crippen molar-refractivity contribution < 1.29 is 13.9 Å². The van der Waals surface area contributed by atoms with Crippen LogP contribution in [-0.4, -0.2) is 7.11 Å². The Morgan fingerprint density at radius 3 is 2.33 bits per heavy atom. The van der Waals surface area contributed by atoms with Crippen LogP contribution in [0.3, 0.4) is 0 Å². The Morgan fingerprint density at radius 2 is 1.71 bits per heavy atom. The van der Waals surface area contributed by atoms with E-state index in [-0.39, 0.29) is 5.55 Å². The SMILES string of the molecule is COc1ccc(-[n+]2[n-]oc(=N)c2-c2ccc(C)cc2)cc1. The highest BCUT2D eigenvalue weighted by Gasteiger charge is 2.17. The minimum absolute atomic E-state index is 0.0367. The molecule has 3 aromatic rings. The molecular formula is C16H15N3O2. The van der Waals surface area contributed by atoms with Crippen molar-refractivity contribution in [1.29, 1.82) is 5.41 Å². The first-order valence-corrected chi connectivity index (χ1v) is 6.54. The molecule has 1 heterocycles. The highest BCUT2D eigenvalue weighted by Crippen LogP contribution is 2.15. The molecule has 0 saturated carbocycles. The summed E-state index contributed by atoms with van der Waals surface area (Å²) >= 11 is 0. The van der Waals surface area contributed by atoms with Gasteiger partial charge in [0.25, 0.3) is 11.2 Å². The fraction of sp³-hybridized carbons (Fsp3) is 0.125. The lowest BCUT2D eigenvalue weighted by atomic mass is 10.1. The van der Waals surface area contributed by atoms with Crippen LogP contribution >= 0.6 is 0 Å². The Morgan fingerprint density at radius 1 is 1.05 bits per heavy atom. The molecule has 0 aliphatic rings. The van der Waals surface area contributed by atoms with E-state index < -0.39 is 0 Å². The van der Waals surface area contributed by atoms with Crippen molar-refractivity contribution in [2.75, 3.05) is 7.11 Å². The maximum absolute atomic E-state index is 7.94. The highest BCUT2D eigenvalue weighted by atomic mass is 16.5. The first-order valence-electron chi connectivity index (χ1n) is 6.54. The maximum Gasteiger partial charge on any atom is 0.274 e. The van der Waals surface area contributed by atoms with E-state index in [0.29, 0.717) is 5.69 Å². The van der Waals surface area contributed by atoms with Gasteiger partial charge in [-0.1, -0.05) is 17.7 Å². The number of aryl methyl sites for hydroxylation is 1. The number of hydrogen-bond donors (Lipinski definition) is 1. The minimum Gasteiger partial charge on any atom is -0.497 e. The van der Waals surface area contributed by atoms with Gasteiger partial charge in [-0.25, -0.2) is 5.27 Å². The number of benzene rings is 2. The average Bonchev–Trinajstić information content (AvgIpc) is 2.90. The summed E-state index contributed by atoms with van der Waals surface area (Å²) in [6.45, 7) is 2.02. The van der Waals surface area contributed by atoms with Crippen LogP contribution in [0.1, 0.15) is 5.56 Å². The summed E-state index contributed by atoms with van der Waals surface area (Å²) < 4.78 is 11.8. The molecule has 0 aliphatic carbocycles. The van der Waals surface area contributed by atoms with Gasteiger partial charge < -0.3 is 9.26 Å². The van der Waals surface area contributed by atoms with E-state index >= 15 is 0 Å². The van der Waals surface area contributed by atoms with Gasteiger partial charge in [-0.2, -0.15) is 4.68 Å². The van der Waals surface area contributed by atoms with Crippen molar-refractivity contribution >= 4 is 0 Å². The molecule has 0 spiro atoms. The second-order valence-electron chi connectivity index (χ2n) is 4.73. The molecule has 0 saturated heterocycles. The standard InChI is InChI=1S/C16H15N3O2/c1-11-3-5-12(6-4-11)15-16(17)21-18-19(15)13-7-9-14(20-2)10-8-13/h3-10,17H,1-2H3. The zero-order valence-electron chi connectivity index (χ0n) is 11.8. The fourth-order valence-corrected chi connectivity index (χ4v) is 2.13. The van der Waals surface area contributed by atoms with Crippen LogP contribution in [-0.2, 0) is 0 Å². The summed E-state index contributed by atoms with van der Waals surface area (Å²) in [5.74, 6) is 0.769. The maximum atomic E-state index is 7.94. The fourth-order valence-electron chi connectivity index (χ4n) is 2.13. The number of nitrogens with one attached hydrogen (secondary N) is 1. The highest BCUT2D eigenvalue weighted by molar-refractivity contribution is 5.55. The quantitative estimate of drug-likeness (QED) is 0.747. The van der Waals surface area contributed by atoms with E-state index in [1.165, 1.54) is 0 Å². The average molecular weight is 281 g/mol. The molecule has 2 aromatic carbocycles. The first kappa shape index (κ1) is 13.2. The predicted molar refractivity (Wildman–Crippen MR) is 76.1 cm³/mol. The Labute approximate surface area is 121 Å². The van der Waals surface area contributed by atoms with Crippen LogP contribution in [0.2, 0.25) is 0 Å². The van der Waals surface area contributed by atoms with Gasteiger partial charge in [0.1, 0.15) is 5.75 Å². The van der Waals surface area contributed by atoms with Gasteiger partial charge in [0.15, 0.2) is 0 Å². The van der Waals surface area contributed by atoms with E-state index in [1.54, 1.807) is 11.8 Å². The molecule has 21 heavy (non-hydrogen) atoms. The zero-order chi connectivity index (χ0) is 14.8. The molecule has 5 heteroatoms. The lowest BCUT2D eigenvalue weighted by Crippen LogP contribution is -2.37. The van der Waals surface area contributed by atoms with Gasteiger partial charge in [0.05, 0.1) is 12.7 Å². The second-order valence-corrected chi connectivity index (χ2v) is 4.73. The van der Waals surface area contributed by atoms with E-state index in [9.17, 15) is 0 Å². The monoisotopic (exact) mass is 281 g/mol. The Balaban J connectivity index is 2.11. The van der Waals surface area contributed by atoms with Gasteiger partial charge in [-0.3, -0.25) is 5.41 Å². The van der Waals surface area contributed by atoms with Gasteiger partial charge in [-0.05, 0) is 31.2 Å². The van der Waals surface area contributed by atoms with Crippen molar-refractivity contribution in [3.63, 3.8) is 0 Å². The van der Waals surface area contributed by atoms with E-state index in [1.807, 2.05) is 55.5 Å².